The zero-order valence-corrected chi connectivity index (χ0v) is 10.7. The molecule has 0 radical (unpaired) electrons. The van der Waals surface area contributed by atoms with Gasteiger partial charge in [0.25, 0.3) is 5.56 Å². The Morgan fingerprint density at radius 2 is 2.27 bits per heavy atom. The Hall–Kier alpha value is -0.280. The van der Waals surface area contributed by atoms with Gasteiger partial charge in [-0.05, 0) is 25.7 Å². The van der Waals surface area contributed by atoms with Crippen LogP contribution in [0.2, 0.25) is 0 Å². The van der Waals surface area contributed by atoms with Crippen LogP contribution in [0.25, 0.3) is 0 Å². The molecule has 1 rings (SSSR count). The fraction of sp³-hybridized carbons (Fsp3) is 0.727. The Morgan fingerprint density at radius 1 is 1.47 bits per heavy atom. The maximum Gasteiger partial charge on any atom is 0.261 e. The maximum absolute atomic E-state index is 11.2. The van der Waals surface area contributed by atoms with Crippen molar-refractivity contribution in [2.45, 2.75) is 50.8 Å². The number of halogens is 1. The Labute approximate surface area is 99.8 Å². The van der Waals surface area contributed by atoms with Crippen molar-refractivity contribution in [2.75, 3.05) is 0 Å². The molecule has 2 nitrogen and oxygen atoms in total. The largest absolute Gasteiger partial charge is 0.278 e. The van der Waals surface area contributed by atoms with E-state index in [9.17, 15) is 4.79 Å². The van der Waals surface area contributed by atoms with E-state index in [-0.39, 0.29) is 5.56 Å². The lowest BCUT2D eigenvalue weighted by Crippen LogP contribution is -2.05. The summed E-state index contributed by atoms with van der Waals surface area (Å²) in [6, 6.07) is 0. The minimum atomic E-state index is 0.0796. The molecule has 1 unspecified atom stereocenters. The molecule has 1 N–H and O–H groups in total. The van der Waals surface area contributed by atoms with E-state index in [2.05, 4.69) is 11.3 Å². The number of alkyl halides is 1. The van der Waals surface area contributed by atoms with Gasteiger partial charge in [0.2, 0.25) is 0 Å². The normalized spacial score (nSPS) is 12.9. The molecule has 0 saturated carbocycles. The summed E-state index contributed by atoms with van der Waals surface area (Å²) in [5, 5.41) is 2.22. The molecule has 15 heavy (non-hydrogen) atoms. The topological polar surface area (TPSA) is 32.9 Å². The molecule has 86 valence electrons. The molecule has 0 fully saturated rings. The second kappa shape index (κ2) is 7.07. The first-order chi connectivity index (χ1) is 7.24. The van der Waals surface area contributed by atoms with Crippen LogP contribution < -0.4 is 5.56 Å². The smallest absolute Gasteiger partial charge is 0.261 e. The molecule has 0 aromatic carbocycles. The molecule has 0 aliphatic carbocycles. The van der Waals surface area contributed by atoms with Crippen LogP contribution in [-0.2, 0) is 6.42 Å². The molecule has 0 aliphatic heterocycles. The van der Waals surface area contributed by atoms with Crippen LogP contribution in [-0.4, -0.2) is 9.75 Å². The standard InChI is InChI=1S/C11H18ClNOS/c1-2-5-10(12)7-4-3-6-9-8-15-13-11(9)14/h8,10H,2-7H2,1H3,(H,13,14). The van der Waals surface area contributed by atoms with Crippen molar-refractivity contribution in [3.63, 3.8) is 0 Å². The fourth-order valence-corrected chi connectivity index (χ4v) is 2.62. The number of nitrogens with one attached hydrogen (secondary N) is 1. The van der Waals surface area contributed by atoms with Gasteiger partial charge >= 0.3 is 0 Å². The van der Waals surface area contributed by atoms with E-state index in [4.69, 9.17) is 11.6 Å². The van der Waals surface area contributed by atoms with E-state index in [1.54, 1.807) is 0 Å². The van der Waals surface area contributed by atoms with Gasteiger partial charge in [-0.25, -0.2) is 0 Å². The number of rotatable bonds is 7. The number of aromatic nitrogens is 1. The third-order valence-electron chi connectivity index (χ3n) is 2.46. The first-order valence-corrected chi connectivity index (χ1v) is 6.84. The van der Waals surface area contributed by atoms with Gasteiger partial charge in [0.15, 0.2) is 0 Å². The van der Waals surface area contributed by atoms with Gasteiger partial charge in [-0.2, -0.15) is 0 Å². The summed E-state index contributed by atoms with van der Waals surface area (Å²) >= 11 is 7.48. The van der Waals surface area contributed by atoms with E-state index in [0.29, 0.717) is 5.38 Å². The van der Waals surface area contributed by atoms with Crippen molar-refractivity contribution in [1.82, 2.24) is 4.37 Å². The highest BCUT2D eigenvalue weighted by Gasteiger charge is 2.04. The second-order valence-electron chi connectivity index (χ2n) is 3.82. The quantitative estimate of drug-likeness (QED) is 0.580. The molecule has 0 amide bonds. The number of hydrogen-bond acceptors (Lipinski definition) is 2. The minimum absolute atomic E-state index is 0.0796. The molecule has 1 atom stereocenters. The molecule has 1 aromatic rings. The van der Waals surface area contributed by atoms with Gasteiger partial charge in [-0.1, -0.05) is 31.3 Å². The molecular formula is C11H18ClNOS. The average Bonchev–Trinajstić information content (AvgIpc) is 2.60. The van der Waals surface area contributed by atoms with Crippen LogP contribution in [0.4, 0.5) is 0 Å². The molecule has 0 saturated heterocycles. The van der Waals surface area contributed by atoms with E-state index in [1.165, 1.54) is 11.5 Å². The van der Waals surface area contributed by atoms with Gasteiger partial charge in [0.05, 0.1) is 0 Å². The van der Waals surface area contributed by atoms with Crippen molar-refractivity contribution >= 4 is 23.1 Å². The number of unbranched alkanes of at least 4 members (excludes halogenated alkanes) is 1. The molecule has 4 heteroatoms. The lowest BCUT2D eigenvalue weighted by molar-refractivity contribution is 0.614. The number of H-pyrrole nitrogens is 1. The summed E-state index contributed by atoms with van der Waals surface area (Å²) < 4.78 is 2.70. The second-order valence-corrected chi connectivity index (χ2v) is 5.12. The average molecular weight is 248 g/mol. The lowest BCUT2D eigenvalue weighted by Gasteiger charge is -2.06. The van der Waals surface area contributed by atoms with Gasteiger partial charge in [-0.3, -0.25) is 9.17 Å². The van der Waals surface area contributed by atoms with Gasteiger partial charge in [0, 0.05) is 16.3 Å². The summed E-state index contributed by atoms with van der Waals surface area (Å²) in [5.74, 6) is 0. The van der Waals surface area contributed by atoms with Crippen LogP contribution in [0.1, 0.15) is 44.6 Å². The van der Waals surface area contributed by atoms with Gasteiger partial charge in [0.1, 0.15) is 0 Å². The third-order valence-corrected chi connectivity index (χ3v) is 3.60. The molecular weight excluding hydrogens is 230 g/mol. The summed E-state index contributed by atoms with van der Waals surface area (Å²) in [4.78, 5) is 11.2. The summed E-state index contributed by atoms with van der Waals surface area (Å²) in [7, 11) is 0. The van der Waals surface area contributed by atoms with Crippen molar-refractivity contribution in [3.05, 3.63) is 21.3 Å². The zero-order valence-electron chi connectivity index (χ0n) is 9.09. The van der Waals surface area contributed by atoms with Crippen molar-refractivity contribution < 1.29 is 0 Å². The minimum Gasteiger partial charge on any atom is -0.278 e. The summed E-state index contributed by atoms with van der Waals surface area (Å²) in [5.41, 5.74) is 0.998. The van der Waals surface area contributed by atoms with E-state index >= 15 is 0 Å². The predicted octanol–water partition coefficient (Wildman–Crippen LogP) is 3.56. The molecule has 1 aromatic heterocycles. The predicted molar refractivity (Wildman–Crippen MR) is 67.0 cm³/mol. The third kappa shape index (κ3) is 4.85. The first kappa shape index (κ1) is 12.8. The Balaban J connectivity index is 2.12. The maximum atomic E-state index is 11.2. The Bertz CT molecular complexity index is 320. The van der Waals surface area contributed by atoms with E-state index in [0.717, 1.165) is 44.1 Å². The summed E-state index contributed by atoms with van der Waals surface area (Å²) in [6.07, 6.45) is 6.38. The lowest BCUT2D eigenvalue weighted by atomic mass is 10.1. The summed E-state index contributed by atoms with van der Waals surface area (Å²) in [6.45, 7) is 2.15. The van der Waals surface area contributed by atoms with Crippen molar-refractivity contribution in [3.8, 4) is 0 Å². The van der Waals surface area contributed by atoms with Crippen LogP contribution in [0, 0.1) is 0 Å². The first-order valence-electron chi connectivity index (χ1n) is 5.53. The van der Waals surface area contributed by atoms with Gasteiger partial charge < -0.3 is 0 Å². The Kier molecular flexibility index (Phi) is 6.03. The van der Waals surface area contributed by atoms with Crippen LogP contribution in [0.5, 0.6) is 0 Å². The van der Waals surface area contributed by atoms with Gasteiger partial charge in [-0.15, -0.1) is 11.6 Å². The monoisotopic (exact) mass is 247 g/mol. The highest BCUT2D eigenvalue weighted by atomic mass is 35.5. The molecule has 0 bridgehead atoms. The highest BCUT2D eigenvalue weighted by Crippen LogP contribution is 2.14. The van der Waals surface area contributed by atoms with Crippen LogP contribution >= 0.6 is 23.1 Å². The van der Waals surface area contributed by atoms with E-state index < -0.39 is 0 Å². The SMILES string of the molecule is CCCC(Cl)CCCCc1cs[nH]c1=O. The van der Waals surface area contributed by atoms with Crippen molar-refractivity contribution in [1.29, 1.82) is 0 Å². The number of hydrogen-bond donors (Lipinski definition) is 1. The number of aromatic amines is 1. The molecule has 0 spiro atoms. The Morgan fingerprint density at radius 3 is 2.87 bits per heavy atom. The number of aryl methyl sites for hydroxylation is 1. The van der Waals surface area contributed by atoms with Crippen LogP contribution in [0.15, 0.2) is 10.2 Å². The zero-order chi connectivity index (χ0) is 11.1. The molecule has 1 heterocycles. The van der Waals surface area contributed by atoms with Crippen LogP contribution in [0.3, 0.4) is 0 Å². The van der Waals surface area contributed by atoms with E-state index in [1.807, 2.05) is 5.38 Å². The fourth-order valence-electron chi connectivity index (χ4n) is 1.58. The molecule has 0 aliphatic rings. The highest BCUT2D eigenvalue weighted by molar-refractivity contribution is 7.03. The van der Waals surface area contributed by atoms with Crippen molar-refractivity contribution in [2.24, 2.45) is 0 Å².